The van der Waals surface area contributed by atoms with Crippen molar-refractivity contribution < 1.29 is 9.53 Å². The summed E-state index contributed by atoms with van der Waals surface area (Å²) in [6.45, 7) is 8.66. The first-order valence-electron chi connectivity index (χ1n) is 9.57. The Labute approximate surface area is 165 Å². The van der Waals surface area contributed by atoms with Gasteiger partial charge in [-0.05, 0) is 45.4 Å². The van der Waals surface area contributed by atoms with E-state index in [1.807, 2.05) is 43.3 Å². The number of aromatic amines is 1. The van der Waals surface area contributed by atoms with Crippen molar-refractivity contribution in [2.75, 3.05) is 11.9 Å². The third kappa shape index (κ3) is 4.80. The van der Waals surface area contributed by atoms with Crippen LogP contribution >= 0.6 is 0 Å². The molecular formula is C23H27N3O2. The number of ether oxygens (including phenoxy) is 1. The van der Waals surface area contributed by atoms with Crippen LogP contribution in [-0.4, -0.2) is 23.2 Å². The fourth-order valence-corrected chi connectivity index (χ4v) is 3.06. The Morgan fingerprint density at radius 3 is 2.64 bits per heavy atom. The number of amides is 1. The van der Waals surface area contributed by atoms with Gasteiger partial charge in [-0.3, -0.25) is 0 Å². The summed E-state index contributed by atoms with van der Waals surface area (Å²) in [5, 5.41) is 6.29. The largest absolute Gasteiger partial charge is 0.444 e. The van der Waals surface area contributed by atoms with E-state index in [1.165, 1.54) is 0 Å². The summed E-state index contributed by atoms with van der Waals surface area (Å²) in [7, 11) is 0. The minimum absolute atomic E-state index is 0.0489. The minimum atomic E-state index is -0.591. The number of fused-ring (bicyclic) bond motifs is 3. The summed E-state index contributed by atoms with van der Waals surface area (Å²) in [6, 6.07) is 13.8. The zero-order valence-electron chi connectivity index (χ0n) is 16.9. The smallest absolute Gasteiger partial charge is 0.434 e. The molecule has 3 rings (SSSR count). The minimum Gasteiger partial charge on any atom is -0.444 e. The van der Waals surface area contributed by atoms with Crippen LogP contribution in [0.2, 0.25) is 0 Å². The first-order chi connectivity index (χ1) is 13.4. The lowest BCUT2D eigenvalue weighted by atomic mass is 10.1. The Kier molecular flexibility index (Phi) is 5.83. The van der Waals surface area contributed by atoms with Crippen LogP contribution in [0.1, 0.15) is 34.1 Å². The van der Waals surface area contributed by atoms with Crippen LogP contribution in [-0.2, 0) is 4.74 Å². The molecule has 0 atom stereocenters. The van der Waals surface area contributed by atoms with Gasteiger partial charge in [-0.25, -0.2) is 4.79 Å². The molecule has 2 aromatic carbocycles. The van der Waals surface area contributed by atoms with Crippen LogP contribution in [0.25, 0.3) is 21.8 Å². The van der Waals surface area contributed by atoms with Crippen molar-refractivity contribution in [3.63, 3.8) is 0 Å². The summed E-state index contributed by atoms with van der Waals surface area (Å²) in [4.78, 5) is 19.5. The standard InChI is InChI=1S/C23H27N3O2/c1-5-6-7-14-28-22(27)24-16-10-8-11-17-18-12-9-13-19(26-23(2,3)4)21(18)25-20(17)15-16/h6-13,15,25-26H,5,14H2,1-4H3. The molecule has 0 saturated carbocycles. The monoisotopic (exact) mass is 377 g/mol. The maximum absolute atomic E-state index is 12.0. The van der Waals surface area contributed by atoms with E-state index < -0.39 is 6.09 Å². The quantitative estimate of drug-likeness (QED) is 0.587. The number of rotatable bonds is 4. The van der Waals surface area contributed by atoms with E-state index in [0.717, 1.165) is 33.9 Å². The second kappa shape index (κ2) is 8.30. The molecule has 5 heteroatoms. The number of aromatic nitrogens is 1. The Morgan fingerprint density at radius 1 is 1.14 bits per heavy atom. The fraction of sp³-hybridized carbons (Fsp3) is 0.304. The topological polar surface area (TPSA) is 66.5 Å². The fourth-order valence-electron chi connectivity index (χ4n) is 3.06. The maximum atomic E-state index is 12.0. The highest BCUT2D eigenvalue weighted by Crippen LogP contribution is 2.30. The summed E-state index contributed by atoms with van der Waals surface area (Å²) >= 11 is 0. The van der Waals surface area contributed by atoms with Crippen LogP contribution in [0.4, 0.5) is 10.5 Å². The van der Waals surface area contributed by atoms with E-state index in [-0.39, 0.29) is 12.1 Å². The van der Waals surface area contributed by atoms with Gasteiger partial charge in [-0.1, -0.05) is 43.3 Å². The predicted octanol–water partition coefficient (Wildman–Crippen LogP) is 5.54. The van der Waals surface area contributed by atoms with Crippen molar-refractivity contribution in [1.82, 2.24) is 4.98 Å². The van der Waals surface area contributed by atoms with Crippen molar-refractivity contribution in [3.05, 3.63) is 60.0 Å². The van der Waals surface area contributed by atoms with E-state index in [4.69, 9.17) is 4.74 Å². The van der Waals surface area contributed by atoms with Crippen LogP contribution in [0, 0.1) is 0 Å². The first-order valence-corrected chi connectivity index (χ1v) is 9.57. The summed E-state index contributed by atoms with van der Waals surface area (Å²) in [6.07, 6.45) is 4.09. The van der Waals surface area contributed by atoms with Gasteiger partial charge < -0.3 is 15.0 Å². The van der Waals surface area contributed by atoms with E-state index in [1.54, 1.807) is 6.07 Å². The first kappa shape index (κ1) is 19.7. The predicted molar refractivity (Wildman–Crippen MR) is 116 cm³/mol. The number of hydrogen-bond acceptors (Lipinski definition) is 3. The van der Waals surface area contributed by atoms with Crippen LogP contribution < -0.4 is 10.7 Å². The number of carbonyl (C=O) groups is 1. The molecule has 0 bridgehead atoms. The molecule has 0 fully saturated rings. The SMILES string of the molecule is CCC=CCOC(=O)N=c1cccc2c(c1)[nH]c1c(NC(C)(C)C)cccc12. The van der Waals surface area contributed by atoms with E-state index in [2.05, 4.69) is 48.2 Å². The van der Waals surface area contributed by atoms with Crippen LogP contribution in [0.15, 0.2) is 59.6 Å². The molecular weight excluding hydrogens is 350 g/mol. The summed E-state index contributed by atoms with van der Waals surface area (Å²) < 4.78 is 5.11. The van der Waals surface area contributed by atoms with Crippen molar-refractivity contribution in [2.45, 2.75) is 39.7 Å². The molecule has 0 spiro atoms. The highest BCUT2D eigenvalue weighted by atomic mass is 16.5. The molecule has 0 radical (unpaired) electrons. The molecule has 0 aliphatic rings. The molecule has 0 aliphatic carbocycles. The molecule has 0 aliphatic heterocycles. The van der Waals surface area contributed by atoms with Gasteiger partial charge in [0.05, 0.1) is 16.6 Å². The number of nitrogens with one attached hydrogen (secondary N) is 2. The molecule has 5 nitrogen and oxygen atoms in total. The average Bonchev–Trinajstić information content (AvgIpc) is 2.84. The zero-order chi connectivity index (χ0) is 20.1. The number of hydrogen-bond donors (Lipinski definition) is 2. The molecule has 28 heavy (non-hydrogen) atoms. The van der Waals surface area contributed by atoms with Gasteiger partial charge in [-0.15, -0.1) is 0 Å². The van der Waals surface area contributed by atoms with Crippen LogP contribution in [0.3, 0.4) is 0 Å². The summed E-state index contributed by atoms with van der Waals surface area (Å²) in [5.74, 6) is 0. The Morgan fingerprint density at radius 2 is 1.89 bits per heavy atom. The molecule has 146 valence electrons. The maximum Gasteiger partial charge on any atom is 0.434 e. The molecule has 1 amide bonds. The number of H-pyrrole nitrogens is 1. The second-order valence-electron chi connectivity index (χ2n) is 7.72. The van der Waals surface area contributed by atoms with E-state index in [9.17, 15) is 4.79 Å². The highest BCUT2D eigenvalue weighted by Gasteiger charge is 2.13. The summed E-state index contributed by atoms with van der Waals surface area (Å²) in [5.41, 5.74) is 2.95. The van der Waals surface area contributed by atoms with Crippen molar-refractivity contribution in [1.29, 1.82) is 0 Å². The number of nitrogens with zero attached hydrogens (tertiary/aromatic N) is 1. The zero-order valence-corrected chi connectivity index (χ0v) is 16.9. The molecule has 1 aromatic heterocycles. The normalized spacial score (nSPS) is 12.8. The van der Waals surface area contributed by atoms with Crippen molar-refractivity contribution >= 4 is 33.6 Å². The lowest BCUT2D eigenvalue weighted by Crippen LogP contribution is -2.26. The molecule has 2 N–H and O–H groups in total. The Bertz CT molecular complexity index is 1090. The lowest BCUT2D eigenvalue weighted by molar-refractivity contribution is 0.168. The highest BCUT2D eigenvalue weighted by molar-refractivity contribution is 6.10. The number of para-hydroxylation sites is 1. The number of benzene rings is 1. The third-order valence-corrected chi connectivity index (χ3v) is 4.16. The number of allylic oxidation sites excluding steroid dienone is 1. The van der Waals surface area contributed by atoms with Gasteiger partial charge in [0.2, 0.25) is 0 Å². The van der Waals surface area contributed by atoms with Gasteiger partial charge in [0.15, 0.2) is 0 Å². The number of anilines is 1. The third-order valence-electron chi connectivity index (χ3n) is 4.16. The van der Waals surface area contributed by atoms with Crippen LogP contribution in [0.5, 0.6) is 0 Å². The van der Waals surface area contributed by atoms with Gasteiger partial charge in [0, 0.05) is 21.8 Å². The van der Waals surface area contributed by atoms with Gasteiger partial charge >= 0.3 is 6.09 Å². The van der Waals surface area contributed by atoms with E-state index >= 15 is 0 Å². The molecule has 0 saturated heterocycles. The molecule has 0 unspecified atom stereocenters. The Balaban J connectivity index is 2.01. The molecule has 1 heterocycles. The van der Waals surface area contributed by atoms with Gasteiger partial charge in [0.25, 0.3) is 0 Å². The van der Waals surface area contributed by atoms with E-state index in [0.29, 0.717) is 5.36 Å². The van der Waals surface area contributed by atoms with Gasteiger partial charge in [-0.2, -0.15) is 4.99 Å². The van der Waals surface area contributed by atoms with Crippen molar-refractivity contribution in [2.24, 2.45) is 4.99 Å². The van der Waals surface area contributed by atoms with Gasteiger partial charge in [0.1, 0.15) is 6.61 Å². The van der Waals surface area contributed by atoms with Crippen molar-refractivity contribution in [3.8, 4) is 0 Å². The lowest BCUT2D eigenvalue weighted by Gasteiger charge is -2.22. The Hall–Kier alpha value is -3.08. The average molecular weight is 377 g/mol. The second-order valence-corrected chi connectivity index (χ2v) is 7.72. The number of carbonyl (C=O) groups excluding carboxylic acids is 1. The molecule has 3 aromatic rings.